The number of hydrogen-bond acceptors (Lipinski definition) is 7. The highest BCUT2D eigenvalue weighted by Gasteiger charge is 2.22. The molecule has 3 rings (SSSR count). The van der Waals surface area contributed by atoms with Gasteiger partial charge in [0.25, 0.3) is 0 Å². The highest BCUT2D eigenvalue weighted by molar-refractivity contribution is 5.73. The molecular weight excluding hydrogens is 334 g/mol. The van der Waals surface area contributed by atoms with Gasteiger partial charge in [-0.3, -0.25) is 10.1 Å². The number of aromatic nitrogens is 2. The van der Waals surface area contributed by atoms with Gasteiger partial charge in [0.1, 0.15) is 17.8 Å². The first-order chi connectivity index (χ1) is 12.7. The fourth-order valence-corrected chi connectivity index (χ4v) is 2.31. The molecule has 0 aliphatic carbocycles. The summed E-state index contributed by atoms with van der Waals surface area (Å²) in [6.45, 7) is 2.35. The number of nitrogens with zero attached hydrogens (tertiary/aromatic N) is 3. The van der Waals surface area contributed by atoms with E-state index in [9.17, 15) is 10.1 Å². The molecule has 0 saturated carbocycles. The summed E-state index contributed by atoms with van der Waals surface area (Å²) in [5.74, 6) is 1.69. The molecule has 2 N–H and O–H groups in total. The Labute approximate surface area is 150 Å². The van der Waals surface area contributed by atoms with Crippen LogP contribution in [0.25, 0.3) is 0 Å². The Morgan fingerprint density at radius 2 is 1.65 bits per heavy atom. The zero-order valence-corrected chi connectivity index (χ0v) is 14.0. The Kier molecular flexibility index (Phi) is 5.23. The molecule has 0 atom stereocenters. The maximum absolute atomic E-state index is 11.4. The maximum atomic E-state index is 11.4. The quantitative estimate of drug-likeness (QED) is 0.482. The summed E-state index contributed by atoms with van der Waals surface area (Å²) in [5, 5.41) is 17.2. The largest absolute Gasteiger partial charge is 0.457 e. The molecule has 0 unspecified atom stereocenters. The van der Waals surface area contributed by atoms with E-state index in [0.717, 1.165) is 5.75 Å². The van der Waals surface area contributed by atoms with Crippen molar-refractivity contribution in [3.8, 4) is 11.5 Å². The average Bonchev–Trinajstić information content (AvgIpc) is 2.64. The summed E-state index contributed by atoms with van der Waals surface area (Å²) >= 11 is 0. The summed E-state index contributed by atoms with van der Waals surface area (Å²) in [6.07, 6.45) is 1.28. The standard InChI is InChI=1S/C18H17N5O3/c1-2-19-17-16(23(24)25)18(21-12-20-17)22-13-8-10-15(11-9-13)26-14-6-4-3-5-7-14/h3-12H,2H2,1H3,(H2,19,20,21,22). The minimum atomic E-state index is -0.507. The molecule has 0 spiro atoms. The zero-order valence-electron chi connectivity index (χ0n) is 14.0. The number of nitrogens with one attached hydrogen (secondary N) is 2. The summed E-state index contributed by atoms with van der Waals surface area (Å²) in [6, 6.07) is 16.5. The lowest BCUT2D eigenvalue weighted by Crippen LogP contribution is -2.07. The van der Waals surface area contributed by atoms with Crippen LogP contribution in [0, 0.1) is 10.1 Å². The van der Waals surface area contributed by atoms with Crippen LogP contribution < -0.4 is 15.4 Å². The molecule has 0 bridgehead atoms. The molecule has 26 heavy (non-hydrogen) atoms. The Morgan fingerprint density at radius 1 is 1.00 bits per heavy atom. The van der Waals surface area contributed by atoms with Crippen LogP contribution in [0.15, 0.2) is 60.9 Å². The van der Waals surface area contributed by atoms with Crippen molar-refractivity contribution in [1.82, 2.24) is 9.97 Å². The second kappa shape index (κ2) is 7.93. The molecule has 2 aromatic carbocycles. The highest BCUT2D eigenvalue weighted by Crippen LogP contribution is 2.31. The van der Waals surface area contributed by atoms with Gasteiger partial charge in [-0.25, -0.2) is 9.97 Å². The monoisotopic (exact) mass is 351 g/mol. The van der Waals surface area contributed by atoms with Crippen molar-refractivity contribution in [1.29, 1.82) is 0 Å². The highest BCUT2D eigenvalue weighted by atomic mass is 16.6. The van der Waals surface area contributed by atoms with Gasteiger partial charge in [-0.2, -0.15) is 0 Å². The lowest BCUT2D eigenvalue weighted by atomic mass is 10.3. The van der Waals surface area contributed by atoms with Gasteiger partial charge >= 0.3 is 5.69 Å². The molecule has 0 aliphatic heterocycles. The minimum absolute atomic E-state index is 0.123. The molecule has 0 saturated heterocycles. The smallest absolute Gasteiger partial charge is 0.353 e. The fraction of sp³-hybridized carbons (Fsp3) is 0.111. The van der Waals surface area contributed by atoms with Crippen molar-refractivity contribution >= 4 is 23.0 Å². The van der Waals surface area contributed by atoms with Crippen LogP contribution in [0.1, 0.15) is 6.92 Å². The molecule has 1 aromatic heterocycles. The first-order valence-electron chi connectivity index (χ1n) is 8.00. The number of benzene rings is 2. The van der Waals surface area contributed by atoms with Crippen molar-refractivity contribution in [3.05, 3.63) is 71.0 Å². The van der Waals surface area contributed by atoms with E-state index in [1.165, 1.54) is 6.33 Å². The third-order valence-electron chi connectivity index (χ3n) is 3.45. The second-order valence-electron chi connectivity index (χ2n) is 5.27. The molecule has 0 fully saturated rings. The summed E-state index contributed by atoms with van der Waals surface area (Å²) in [4.78, 5) is 18.8. The van der Waals surface area contributed by atoms with Gasteiger partial charge in [-0.1, -0.05) is 18.2 Å². The van der Waals surface area contributed by atoms with E-state index in [4.69, 9.17) is 4.74 Å². The Morgan fingerprint density at radius 3 is 2.31 bits per heavy atom. The maximum Gasteiger partial charge on any atom is 0.353 e. The minimum Gasteiger partial charge on any atom is -0.457 e. The van der Waals surface area contributed by atoms with Gasteiger partial charge in [0.15, 0.2) is 0 Å². The van der Waals surface area contributed by atoms with Crippen molar-refractivity contribution in [3.63, 3.8) is 0 Å². The molecule has 0 aliphatic rings. The number of hydrogen-bond donors (Lipinski definition) is 2. The van der Waals surface area contributed by atoms with Gasteiger partial charge in [0.05, 0.1) is 4.92 Å². The van der Waals surface area contributed by atoms with E-state index in [1.807, 2.05) is 37.3 Å². The van der Waals surface area contributed by atoms with E-state index >= 15 is 0 Å². The molecule has 0 radical (unpaired) electrons. The van der Waals surface area contributed by atoms with Gasteiger partial charge in [0, 0.05) is 12.2 Å². The van der Waals surface area contributed by atoms with Crippen LogP contribution in [0.5, 0.6) is 11.5 Å². The van der Waals surface area contributed by atoms with Gasteiger partial charge in [0.2, 0.25) is 11.6 Å². The summed E-state index contributed by atoms with van der Waals surface area (Å²) in [5.41, 5.74) is 0.452. The second-order valence-corrected chi connectivity index (χ2v) is 5.27. The van der Waals surface area contributed by atoms with E-state index in [2.05, 4.69) is 20.6 Å². The fourth-order valence-electron chi connectivity index (χ4n) is 2.31. The Hall–Kier alpha value is -3.68. The molecule has 3 aromatic rings. The summed E-state index contributed by atoms with van der Waals surface area (Å²) in [7, 11) is 0. The third kappa shape index (κ3) is 4.04. The van der Waals surface area contributed by atoms with E-state index in [1.54, 1.807) is 24.3 Å². The van der Waals surface area contributed by atoms with Crippen LogP contribution in [0.3, 0.4) is 0 Å². The predicted molar refractivity (Wildman–Crippen MR) is 99.1 cm³/mol. The molecule has 1 heterocycles. The molecular formula is C18H17N5O3. The average molecular weight is 351 g/mol. The van der Waals surface area contributed by atoms with E-state index in [-0.39, 0.29) is 17.3 Å². The number of ether oxygens (including phenoxy) is 1. The lowest BCUT2D eigenvalue weighted by molar-refractivity contribution is -0.383. The number of nitro groups is 1. The predicted octanol–water partition coefficient (Wildman–Crippen LogP) is 4.35. The SMILES string of the molecule is CCNc1ncnc(Nc2ccc(Oc3ccccc3)cc2)c1[N+](=O)[O-]. The zero-order chi connectivity index (χ0) is 18.4. The van der Waals surface area contributed by atoms with Crippen LogP contribution in [-0.4, -0.2) is 21.4 Å². The summed E-state index contributed by atoms with van der Waals surface area (Å²) < 4.78 is 5.72. The van der Waals surface area contributed by atoms with Gasteiger partial charge < -0.3 is 15.4 Å². The molecule has 0 amide bonds. The first-order valence-corrected chi connectivity index (χ1v) is 8.00. The lowest BCUT2D eigenvalue weighted by Gasteiger charge is -2.10. The third-order valence-corrected chi connectivity index (χ3v) is 3.45. The van der Waals surface area contributed by atoms with Crippen LogP contribution in [0.4, 0.5) is 23.0 Å². The number of para-hydroxylation sites is 1. The van der Waals surface area contributed by atoms with Crippen molar-refractivity contribution in [2.75, 3.05) is 17.2 Å². The van der Waals surface area contributed by atoms with E-state index < -0.39 is 4.92 Å². The number of anilines is 3. The van der Waals surface area contributed by atoms with Crippen molar-refractivity contribution < 1.29 is 9.66 Å². The van der Waals surface area contributed by atoms with Gasteiger partial charge in [-0.15, -0.1) is 0 Å². The van der Waals surface area contributed by atoms with Crippen LogP contribution in [0.2, 0.25) is 0 Å². The molecule has 132 valence electrons. The Balaban J connectivity index is 1.79. The van der Waals surface area contributed by atoms with E-state index in [0.29, 0.717) is 18.0 Å². The van der Waals surface area contributed by atoms with Crippen molar-refractivity contribution in [2.24, 2.45) is 0 Å². The van der Waals surface area contributed by atoms with Crippen LogP contribution in [-0.2, 0) is 0 Å². The van der Waals surface area contributed by atoms with Crippen molar-refractivity contribution in [2.45, 2.75) is 6.92 Å². The molecule has 8 heteroatoms. The normalized spacial score (nSPS) is 10.2. The number of rotatable bonds is 7. The van der Waals surface area contributed by atoms with Gasteiger partial charge in [-0.05, 0) is 43.3 Å². The Bertz CT molecular complexity index is 885. The molecule has 8 nitrogen and oxygen atoms in total. The first kappa shape index (κ1) is 17.2. The topological polar surface area (TPSA) is 102 Å². The van der Waals surface area contributed by atoms with Crippen LogP contribution >= 0.6 is 0 Å².